The van der Waals surface area contributed by atoms with E-state index in [0.717, 1.165) is 18.4 Å². The molecule has 1 aromatic carbocycles. The summed E-state index contributed by atoms with van der Waals surface area (Å²) in [5, 5.41) is 19.1. The normalized spacial score (nSPS) is 30.8. The maximum absolute atomic E-state index is 13.0. The van der Waals surface area contributed by atoms with Crippen molar-refractivity contribution in [3.8, 4) is 0 Å². The van der Waals surface area contributed by atoms with E-state index >= 15 is 0 Å². The Bertz CT molecular complexity index is 723. The second-order valence-corrected chi connectivity index (χ2v) is 7.70. The van der Waals surface area contributed by atoms with Gasteiger partial charge in [-0.3, -0.25) is 4.68 Å². The molecule has 5 rings (SSSR count). The van der Waals surface area contributed by atoms with Crippen LogP contribution in [0.3, 0.4) is 0 Å². The smallest absolute Gasteiger partial charge is 0.118 e. The molecule has 3 heterocycles. The van der Waals surface area contributed by atoms with Crippen LogP contribution in [-0.2, 0) is 23.3 Å². The van der Waals surface area contributed by atoms with Crippen LogP contribution < -0.4 is 0 Å². The van der Waals surface area contributed by atoms with Crippen LogP contribution in [0, 0.1) is 5.41 Å². The van der Waals surface area contributed by atoms with Crippen molar-refractivity contribution in [1.29, 1.82) is 0 Å². The van der Waals surface area contributed by atoms with Gasteiger partial charge in [-0.1, -0.05) is 35.5 Å². The number of nitrogens with zero attached hydrogens (tertiary/aromatic N) is 3. The molecule has 1 saturated carbocycles. The number of aliphatic hydroxyl groups is 1. The third kappa shape index (κ3) is 2.63. The predicted molar refractivity (Wildman–Crippen MR) is 86.1 cm³/mol. The number of hydrogen-bond donors (Lipinski definition) is 1. The molecule has 6 heteroatoms. The fraction of sp³-hybridized carbons (Fsp3) is 0.556. The van der Waals surface area contributed by atoms with Crippen molar-refractivity contribution in [2.45, 2.75) is 43.9 Å². The van der Waals surface area contributed by atoms with Gasteiger partial charge < -0.3 is 9.84 Å². The topological polar surface area (TPSA) is 60.2 Å². The summed E-state index contributed by atoms with van der Waals surface area (Å²) in [6, 6.07) is 9.83. The fourth-order valence-electron chi connectivity index (χ4n) is 4.17. The highest BCUT2D eigenvalue weighted by atomic mass is 19.1. The zero-order chi connectivity index (χ0) is 16.8. The molecule has 3 aliphatic rings. The van der Waals surface area contributed by atoms with Crippen molar-refractivity contribution < 1.29 is 14.2 Å². The van der Waals surface area contributed by atoms with Crippen LogP contribution in [0.25, 0.3) is 0 Å². The summed E-state index contributed by atoms with van der Waals surface area (Å²) in [5.74, 6) is 0. The molecule has 3 fully saturated rings. The Balaban J connectivity index is 1.45. The highest BCUT2D eigenvalue weighted by molar-refractivity contribution is 5.20. The molecule has 1 N–H and O–H groups in total. The molecule has 2 saturated heterocycles. The first-order valence-corrected chi connectivity index (χ1v) is 8.31. The zero-order valence-electron chi connectivity index (χ0n) is 13.8. The lowest BCUT2D eigenvalue weighted by molar-refractivity contribution is -0.0382. The van der Waals surface area contributed by atoms with Gasteiger partial charge in [-0.05, 0) is 25.3 Å². The minimum absolute atomic E-state index is 0.0254. The van der Waals surface area contributed by atoms with Crippen LogP contribution in [0.5, 0.6) is 0 Å². The van der Waals surface area contributed by atoms with Crippen LogP contribution in [0.15, 0.2) is 36.5 Å². The molecule has 1 unspecified atom stereocenters. The molecule has 128 valence electrons. The van der Waals surface area contributed by atoms with Crippen molar-refractivity contribution in [2.75, 3.05) is 13.3 Å². The van der Waals surface area contributed by atoms with Gasteiger partial charge in [0.15, 0.2) is 0 Å². The number of alkyl halides is 1. The van der Waals surface area contributed by atoms with Crippen molar-refractivity contribution in [1.82, 2.24) is 15.0 Å². The molecule has 0 amide bonds. The summed E-state index contributed by atoms with van der Waals surface area (Å²) < 4.78 is 20.4. The third-order valence-electron chi connectivity index (χ3n) is 5.30. The molecule has 1 atom stereocenters. The van der Waals surface area contributed by atoms with E-state index in [2.05, 4.69) is 10.3 Å². The van der Waals surface area contributed by atoms with Crippen LogP contribution in [0.1, 0.15) is 31.0 Å². The van der Waals surface area contributed by atoms with E-state index in [1.54, 1.807) is 17.8 Å². The number of aromatic nitrogens is 3. The Morgan fingerprint density at radius 2 is 2.08 bits per heavy atom. The standard InChI is InChI=1S/C18H22FN3O2/c1-16(23,7-14-5-3-2-4-6-14)15-8-22(21-20-15)12-17-9-18(10-17,11-19)24-13-17/h2-6,8,23H,7,9-13H2,1H3. The molecular weight excluding hydrogens is 309 g/mol. The molecule has 2 aliphatic heterocycles. The quantitative estimate of drug-likeness (QED) is 0.882. The van der Waals surface area contributed by atoms with Crippen LogP contribution in [-0.4, -0.2) is 39.0 Å². The van der Waals surface area contributed by atoms with E-state index in [4.69, 9.17) is 4.74 Å². The highest BCUT2D eigenvalue weighted by Gasteiger charge is 2.62. The lowest BCUT2D eigenvalue weighted by atomic mass is 9.63. The highest BCUT2D eigenvalue weighted by Crippen LogP contribution is 2.58. The van der Waals surface area contributed by atoms with Crippen LogP contribution in [0.2, 0.25) is 0 Å². The first-order valence-electron chi connectivity index (χ1n) is 8.31. The lowest BCUT2D eigenvalue weighted by Crippen LogP contribution is -2.47. The maximum atomic E-state index is 13.0. The molecule has 24 heavy (non-hydrogen) atoms. The van der Waals surface area contributed by atoms with E-state index < -0.39 is 17.9 Å². The summed E-state index contributed by atoms with van der Waals surface area (Å²) in [6.07, 6.45) is 3.76. The number of fused-ring (bicyclic) bond motifs is 1. The summed E-state index contributed by atoms with van der Waals surface area (Å²) in [5.41, 5.74) is -0.0413. The zero-order valence-corrected chi connectivity index (χ0v) is 13.8. The molecule has 0 spiro atoms. The van der Waals surface area contributed by atoms with E-state index in [9.17, 15) is 9.50 Å². The van der Waals surface area contributed by atoms with Gasteiger partial charge in [0.25, 0.3) is 0 Å². The first kappa shape index (κ1) is 15.7. The maximum Gasteiger partial charge on any atom is 0.118 e. The Hall–Kier alpha value is -1.79. The average Bonchev–Trinajstić information content (AvgIpc) is 3.22. The van der Waals surface area contributed by atoms with Crippen molar-refractivity contribution >= 4 is 0 Å². The lowest BCUT2D eigenvalue weighted by Gasteiger charge is -2.42. The molecular formula is C18H22FN3O2. The van der Waals surface area contributed by atoms with Gasteiger partial charge in [0, 0.05) is 11.8 Å². The van der Waals surface area contributed by atoms with Gasteiger partial charge in [0.1, 0.15) is 18.0 Å². The third-order valence-corrected chi connectivity index (χ3v) is 5.30. The number of rotatable bonds is 6. The van der Waals surface area contributed by atoms with Gasteiger partial charge in [0.05, 0.1) is 24.9 Å². The summed E-state index contributed by atoms with van der Waals surface area (Å²) in [4.78, 5) is 0. The predicted octanol–water partition coefficient (Wildman–Crippen LogP) is 2.25. The molecule has 5 nitrogen and oxygen atoms in total. The minimum Gasteiger partial charge on any atom is -0.383 e. The Labute approximate surface area is 140 Å². The summed E-state index contributed by atoms with van der Waals surface area (Å²) >= 11 is 0. The van der Waals surface area contributed by atoms with E-state index in [1.165, 1.54) is 0 Å². The van der Waals surface area contributed by atoms with Gasteiger partial charge in [0.2, 0.25) is 0 Å². The van der Waals surface area contributed by atoms with Crippen molar-refractivity contribution in [3.05, 3.63) is 47.8 Å². The van der Waals surface area contributed by atoms with Crippen molar-refractivity contribution in [3.63, 3.8) is 0 Å². The Morgan fingerprint density at radius 3 is 2.75 bits per heavy atom. The van der Waals surface area contributed by atoms with Gasteiger partial charge >= 0.3 is 0 Å². The number of benzene rings is 1. The van der Waals surface area contributed by atoms with Gasteiger partial charge in [-0.25, -0.2) is 4.39 Å². The monoisotopic (exact) mass is 331 g/mol. The summed E-state index contributed by atoms with van der Waals surface area (Å²) in [6.45, 7) is 2.57. The van der Waals surface area contributed by atoms with Crippen molar-refractivity contribution in [2.24, 2.45) is 5.41 Å². The van der Waals surface area contributed by atoms with Crippen LogP contribution >= 0.6 is 0 Å². The van der Waals surface area contributed by atoms with E-state index in [1.807, 2.05) is 30.3 Å². The first-order chi connectivity index (χ1) is 11.4. The second-order valence-electron chi connectivity index (χ2n) is 7.70. The molecule has 2 bridgehead atoms. The molecule has 1 aliphatic carbocycles. The van der Waals surface area contributed by atoms with Gasteiger partial charge in [-0.2, -0.15) is 0 Å². The largest absolute Gasteiger partial charge is 0.383 e. The number of halogens is 1. The van der Waals surface area contributed by atoms with E-state index in [0.29, 0.717) is 25.3 Å². The number of hydrogen-bond acceptors (Lipinski definition) is 4. The average molecular weight is 331 g/mol. The molecule has 1 aromatic heterocycles. The van der Waals surface area contributed by atoms with Crippen LogP contribution in [0.4, 0.5) is 4.39 Å². The molecule has 0 radical (unpaired) electrons. The van der Waals surface area contributed by atoms with E-state index in [-0.39, 0.29) is 5.41 Å². The SMILES string of the molecule is CC(O)(Cc1ccccc1)c1cn(CC23COC(CF)(C2)C3)nn1. The Morgan fingerprint density at radius 1 is 1.33 bits per heavy atom. The fourth-order valence-corrected chi connectivity index (χ4v) is 4.17. The van der Waals surface area contributed by atoms with Gasteiger partial charge in [-0.15, -0.1) is 5.10 Å². The Kier molecular flexibility index (Phi) is 3.51. The minimum atomic E-state index is -1.08. The summed E-state index contributed by atoms with van der Waals surface area (Å²) in [7, 11) is 0. The number of ether oxygens (including phenoxy) is 1. The second kappa shape index (κ2) is 5.36. The molecule has 2 aromatic rings.